The zero-order valence-corrected chi connectivity index (χ0v) is 17.1. The van der Waals surface area contributed by atoms with E-state index < -0.39 is 12.0 Å². The van der Waals surface area contributed by atoms with E-state index in [9.17, 15) is 9.59 Å². The maximum atomic E-state index is 12.8. The molecular weight excluding hydrogens is 380 g/mol. The standard InChI is InChI=1S/C20H27ClN4O3/c1-3-28-19(26)17-16(13-25-10-6-9-24(2)11-12-25)22-20(27)23-18(17)14-7-4-5-8-15(14)21/h4-5,7-8,18H,3,6,9-13H2,1-2H3,(H2,22,23,27). The zero-order valence-electron chi connectivity index (χ0n) is 16.3. The second kappa shape index (κ2) is 9.41. The third-order valence-electron chi connectivity index (χ3n) is 5.06. The van der Waals surface area contributed by atoms with Gasteiger partial charge in [-0.15, -0.1) is 0 Å². The number of nitrogens with one attached hydrogen (secondary N) is 2. The number of urea groups is 1. The molecule has 1 atom stereocenters. The fourth-order valence-electron chi connectivity index (χ4n) is 3.62. The van der Waals surface area contributed by atoms with Crippen LogP contribution in [-0.4, -0.2) is 68.2 Å². The lowest BCUT2D eigenvalue weighted by atomic mass is 9.95. The van der Waals surface area contributed by atoms with Gasteiger partial charge in [0.25, 0.3) is 0 Å². The normalized spacial score (nSPS) is 21.7. The lowest BCUT2D eigenvalue weighted by Crippen LogP contribution is -2.48. The van der Waals surface area contributed by atoms with Crippen LogP contribution in [0.3, 0.4) is 0 Å². The Morgan fingerprint density at radius 1 is 1.25 bits per heavy atom. The lowest BCUT2D eigenvalue weighted by molar-refractivity contribution is -0.139. The Kier molecular flexibility index (Phi) is 6.93. The van der Waals surface area contributed by atoms with Crippen LogP contribution in [0, 0.1) is 0 Å². The minimum absolute atomic E-state index is 0.257. The molecule has 0 radical (unpaired) electrons. The average molecular weight is 407 g/mol. The summed E-state index contributed by atoms with van der Waals surface area (Å²) in [6.45, 7) is 6.27. The molecule has 0 aliphatic carbocycles. The molecule has 0 aromatic heterocycles. The summed E-state index contributed by atoms with van der Waals surface area (Å²) in [4.78, 5) is 29.8. The van der Waals surface area contributed by atoms with Crippen LogP contribution in [-0.2, 0) is 9.53 Å². The molecule has 1 aromatic carbocycles. The van der Waals surface area contributed by atoms with Crippen molar-refractivity contribution in [3.63, 3.8) is 0 Å². The second-order valence-corrected chi connectivity index (χ2v) is 7.51. The fourth-order valence-corrected chi connectivity index (χ4v) is 3.86. The molecule has 8 heteroatoms. The summed E-state index contributed by atoms with van der Waals surface area (Å²) < 4.78 is 5.31. The first-order valence-corrected chi connectivity index (χ1v) is 10.0. The highest BCUT2D eigenvalue weighted by Gasteiger charge is 2.35. The van der Waals surface area contributed by atoms with Gasteiger partial charge in [-0.25, -0.2) is 9.59 Å². The lowest BCUT2D eigenvalue weighted by Gasteiger charge is -2.32. The van der Waals surface area contributed by atoms with Gasteiger partial charge < -0.3 is 20.3 Å². The number of hydrogen-bond donors (Lipinski definition) is 2. The molecule has 152 valence electrons. The number of halogens is 1. The van der Waals surface area contributed by atoms with Crippen molar-refractivity contribution >= 4 is 23.6 Å². The molecule has 2 amide bonds. The van der Waals surface area contributed by atoms with Crippen LogP contribution in [0.15, 0.2) is 35.5 Å². The number of ether oxygens (including phenoxy) is 1. The Morgan fingerprint density at radius 2 is 2.04 bits per heavy atom. The van der Waals surface area contributed by atoms with Crippen LogP contribution in [0.5, 0.6) is 0 Å². The quantitative estimate of drug-likeness (QED) is 0.733. The van der Waals surface area contributed by atoms with Crippen molar-refractivity contribution < 1.29 is 14.3 Å². The summed E-state index contributed by atoms with van der Waals surface area (Å²) in [6, 6.07) is 6.22. The van der Waals surface area contributed by atoms with Crippen molar-refractivity contribution in [2.45, 2.75) is 19.4 Å². The van der Waals surface area contributed by atoms with Gasteiger partial charge in [-0.05, 0) is 45.1 Å². The molecule has 0 saturated carbocycles. The molecule has 1 unspecified atom stereocenters. The molecule has 2 heterocycles. The highest BCUT2D eigenvalue weighted by Crippen LogP contribution is 2.32. The van der Waals surface area contributed by atoms with Crippen LogP contribution in [0.2, 0.25) is 5.02 Å². The van der Waals surface area contributed by atoms with Gasteiger partial charge in [-0.1, -0.05) is 29.8 Å². The number of nitrogens with zero attached hydrogens (tertiary/aromatic N) is 2. The predicted octanol–water partition coefficient (Wildman–Crippen LogP) is 2.15. The first-order chi connectivity index (χ1) is 13.5. The number of benzene rings is 1. The monoisotopic (exact) mass is 406 g/mol. The van der Waals surface area contributed by atoms with Crippen molar-refractivity contribution in [1.82, 2.24) is 20.4 Å². The van der Waals surface area contributed by atoms with Crippen molar-refractivity contribution in [2.75, 3.05) is 46.4 Å². The number of hydrogen-bond acceptors (Lipinski definition) is 5. The van der Waals surface area contributed by atoms with Gasteiger partial charge >= 0.3 is 12.0 Å². The number of esters is 1. The van der Waals surface area contributed by atoms with E-state index in [-0.39, 0.29) is 12.6 Å². The molecule has 3 rings (SSSR count). The van der Waals surface area contributed by atoms with Gasteiger partial charge in [0.2, 0.25) is 0 Å². The van der Waals surface area contributed by atoms with E-state index in [2.05, 4.69) is 27.5 Å². The second-order valence-electron chi connectivity index (χ2n) is 7.10. The van der Waals surface area contributed by atoms with Crippen LogP contribution >= 0.6 is 11.6 Å². The minimum Gasteiger partial charge on any atom is -0.463 e. The first-order valence-electron chi connectivity index (χ1n) is 9.62. The zero-order chi connectivity index (χ0) is 20.1. The SMILES string of the molecule is CCOC(=O)C1=C(CN2CCCN(C)CC2)NC(=O)NC1c1ccccc1Cl. The Morgan fingerprint density at radius 3 is 2.79 bits per heavy atom. The maximum absolute atomic E-state index is 12.8. The number of amides is 2. The summed E-state index contributed by atoms with van der Waals surface area (Å²) in [5.74, 6) is -0.443. The smallest absolute Gasteiger partial charge is 0.338 e. The van der Waals surface area contributed by atoms with E-state index in [1.165, 1.54) is 0 Å². The summed E-state index contributed by atoms with van der Waals surface area (Å²) in [7, 11) is 2.10. The summed E-state index contributed by atoms with van der Waals surface area (Å²) >= 11 is 6.37. The molecule has 2 aliphatic rings. The topological polar surface area (TPSA) is 73.9 Å². The molecule has 2 aliphatic heterocycles. The molecule has 28 heavy (non-hydrogen) atoms. The summed E-state index contributed by atoms with van der Waals surface area (Å²) in [5, 5.41) is 6.16. The van der Waals surface area contributed by atoms with Gasteiger partial charge in [-0.3, -0.25) is 4.90 Å². The van der Waals surface area contributed by atoms with E-state index in [0.29, 0.717) is 28.4 Å². The van der Waals surface area contributed by atoms with Crippen molar-refractivity contribution in [1.29, 1.82) is 0 Å². The Bertz CT molecular complexity index is 768. The van der Waals surface area contributed by atoms with Crippen molar-refractivity contribution in [3.05, 3.63) is 46.1 Å². The van der Waals surface area contributed by atoms with E-state index >= 15 is 0 Å². The maximum Gasteiger partial charge on any atom is 0.338 e. The van der Waals surface area contributed by atoms with Crippen LogP contribution in [0.4, 0.5) is 4.79 Å². The average Bonchev–Trinajstić information content (AvgIpc) is 2.86. The predicted molar refractivity (Wildman–Crippen MR) is 108 cm³/mol. The Hall–Kier alpha value is -2.09. The van der Waals surface area contributed by atoms with E-state index in [4.69, 9.17) is 16.3 Å². The van der Waals surface area contributed by atoms with Gasteiger partial charge in [0, 0.05) is 30.4 Å². The fraction of sp³-hybridized carbons (Fsp3) is 0.500. The van der Waals surface area contributed by atoms with Gasteiger partial charge in [0.1, 0.15) is 0 Å². The molecule has 1 fully saturated rings. The Balaban J connectivity index is 1.97. The number of rotatable bonds is 5. The van der Waals surface area contributed by atoms with Crippen LogP contribution < -0.4 is 10.6 Å². The highest BCUT2D eigenvalue weighted by atomic mass is 35.5. The first kappa shape index (κ1) is 20.6. The van der Waals surface area contributed by atoms with Gasteiger partial charge in [0.15, 0.2) is 0 Å². The number of likely N-dealkylation sites (N-methyl/N-ethyl adjacent to an activating group) is 1. The third-order valence-corrected chi connectivity index (χ3v) is 5.40. The summed E-state index contributed by atoms with van der Waals surface area (Å²) in [5.41, 5.74) is 1.67. The van der Waals surface area contributed by atoms with Crippen LogP contribution in [0.1, 0.15) is 24.9 Å². The molecule has 7 nitrogen and oxygen atoms in total. The molecule has 1 saturated heterocycles. The molecule has 0 spiro atoms. The number of carbonyl (C=O) groups is 2. The van der Waals surface area contributed by atoms with Crippen molar-refractivity contribution in [2.24, 2.45) is 0 Å². The third kappa shape index (κ3) is 4.84. The molecular formula is C20H27ClN4O3. The van der Waals surface area contributed by atoms with Crippen LogP contribution in [0.25, 0.3) is 0 Å². The van der Waals surface area contributed by atoms with Gasteiger partial charge in [0.05, 0.1) is 18.2 Å². The van der Waals surface area contributed by atoms with Crippen molar-refractivity contribution in [3.8, 4) is 0 Å². The van der Waals surface area contributed by atoms with Gasteiger partial charge in [-0.2, -0.15) is 0 Å². The minimum atomic E-state index is -0.647. The van der Waals surface area contributed by atoms with E-state index in [1.807, 2.05) is 18.2 Å². The largest absolute Gasteiger partial charge is 0.463 e. The highest BCUT2D eigenvalue weighted by molar-refractivity contribution is 6.31. The summed E-state index contributed by atoms with van der Waals surface area (Å²) in [6.07, 6.45) is 1.04. The molecule has 0 bridgehead atoms. The Labute approximate surface area is 170 Å². The van der Waals surface area contributed by atoms with E-state index in [0.717, 1.165) is 32.6 Å². The van der Waals surface area contributed by atoms with E-state index in [1.54, 1.807) is 13.0 Å². The molecule has 2 N–H and O–H groups in total. The number of carbonyl (C=O) groups excluding carboxylic acids is 2. The molecule has 1 aromatic rings.